The molecule has 0 saturated carbocycles. The number of nitrogens with zero attached hydrogens (tertiary/aromatic N) is 1. The van der Waals surface area contributed by atoms with Crippen LogP contribution < -0.4 is 5.32 Å². The van der Waals surface area contributed by atoms with Crippen molar-refractivity contribution < 1.29 is 0 Å². The standard InChI is InChI=1S/C11H10N2/c1-2-4-9-8(3-1)5-6-10(13-9)11-7-12-11/h1-6,11-12H,7H2/t11-/m1/s1. The summed E-state index contributed by atoms with van der Waals surface area (Å²) in [7, 11) is 0. The smallest absolute Gasteiger partial charge is 0.0706 e. The molecule has 1 N–H and O–H groups in total. The maximum absolute atomic E-state index is 4.57. The Labute approximate surface area is 76.6 Å². The van der Waals surface area contributed by atoms with Crippen LogP contribution >= 0.6 is 0 Å². The van der Waals surface area contributed by atoms with E-state index in [-0.39, 0.29) is 0 Å². The summed E-state index contributed by atoms with van der Waals surface area (Å²) >= 11 is 0. The van der Waals surface area contributed by atoms with Gasteiger partial charge in [-0.3, -0.25) is 4.98 Å². The molecule has 0 amide bonds. The Hall–Kier alpha value is -1.41. The topological polar surface area (TPSA) is 34.8 Å². The molecule has 0 bridgehead atoms. The number of hydrogen-bond donors (Lipinski definition) is 1. The maximum Gasteiger partial charge on any atom is 0.0706 e. The van der Waals surface area contributed by atoms with E-state index in [1.807, 2.05) is 12.1 Å². The number of aromatic nitrogens is 1. The molecule has 1 aliphatic rings. The fraction of sp³-hybridized carbons (Fsp3) is 0.182. The zero-order chi connectivity index (χ0) is 8.67. The largest absolute Gasteiger partial charge is 0.306 e. The van der Waals surface area contributed by atoms with Gasteiger partial charge < -0.3 is 5.32 Å². The van der Waals surface area contributed by atoms with E-state index in [0.717, 1.165) is 12.1 Å². The number of para-hydroxylation sites is 1. The number of fused-ring (bicyclic) bond motifs is 1. The Morgan fingerprint density at radius 2 is 2.00 bits per heavy atom. The van der Waals surface area contributed by atoms with E-state index in [1.165, 1.54) is 11.1 Å². The highest BCUT2D eigenvalue weighted by molar-refractivity contribution is 5.78. The van der Waals surface area contributed by atoms with Gasteiger partial charge in [0.2, 0.25) is 0 Å². The Kier molecular flexibility index (Phi) is 1.37. The first kappa shape index (κ1) is 7.04. The summed E-state index contributed by atoms with van der Waals surface area (Å²) < 4.78 is 0. The number of nitrogens with one attached hydrogen (secondary N) is 1. The first-order valence-electron chi connectivity index (χ1n) is 4.52. The lowest BCUT2D eigenvalue weighted by Gasteiger charge is -1.99. The monoisotopic (exact) mass is 170 g/mol. The van der Waals surface area contributed by atoms with Crippen LogP contribution in [0.15, 0.2) is 36.4 Å². The van der Waals surface area contributed by atoms with Crippen molar-refractivity contribution in [2.24, 2.45) is 0 Å². The Morgan fingerprint density at radius 1 is 1.15 bits per heavy atom. The molecule has 0 radical (unpaired) electrons. The van der Waals surface area contributed by atoms with Crippen molar-refractivity contribution >= 4 is 10.9 Å². The molecule has 1 aromatic heterocycles. The minimum atomic E-state index is 0.504. The van der Waals surface area contributed by atoms with Gasteiger partial charge in [0.05, 0.1) is 17.3 Å². The van der Waals surface area contributed by atoms with E-state index in [2.05, 4.69) is 34.6 Å². The molecule has 2 heteroatoms. The summed E-state index contributed by atoms with van der Waals surface area (Å²) in [6.07, 6.45) is 0. The third kappa shape index (κ3) is 1.19. The van der Waals surface area contributed by atoms with E-state index in [1.54, 1.807) is 0 Å². The van der Waals surface area contributed by atoms with Crippen LogP contribution in [0, 0.1) is 0 Å². The molecule has 64 valence electrons. The van der Waals surface area contributed by atoms with Crippen molar-refractivity contribution in [2.45, 2.75) is 6.04 Å². The molecule has 3 rings (SSSR count). The van der Waals surface area contributed by atoms with Crippen LogP contribution in [-0.2, 0) is 0 Å². The highest BCUT2D eigenvalue weighted by Crippen LogP contribution is 2.21. The van der Waals surface area contributed by atoms with Crippen molar-refractivity contribution in [3.05, 3.63) is 42.1 Å². The zero-order valence-corrected chi connectivity index (χ0v) is 7.20. The lowest BCUT2D eigenvalue weighted by Crippen LogP contribution is -1.89. The van der Waals surface area contributed by atoms with Gasteiger partial charge in [0.25, 0.3) is 0 Å². The van der Waals surface area contributed by atoms with Crippen molar-refractivity contribution in [3.8, 4) is 0 Å². The first-order chi connectivity index (χ1) is 6.43. The molecule has 1 aromatic carbocycles. The van der Waals surface area contributed by atoms with Gasteiger partial charge in [-0.15, -0.1) is 0 Å². The van der Waals surface area contributed by atoms with E-state index < -0.39 is 0 Å². The number of rotatable bonds is 1. The summed E-state index contributed by atoms with van der Waals surface area (Å²) in [5.74, 6) is 0. The summed E-state index contributed by atoms with van der Waals surface area (Å²) in [6.45, 7) is 1.07. The first-order valence-corrected chi connectivity index (χ1v) is 4.52. The minimum absolute atomic E-state index is 0.504. The molecular weight excluding hydrogens is 160 g/mol. The molecule has 1 aliphatic heterocycles. The van der Waals surface area contributed by atoms with E-state index in [0.29, 0.717) is 6.04 Å². The zero-order valence-electron chi connectivity index (χ0n) is 7.20. The van der Waals surface area contributed by atoms with Gasteiger partial charge in [0.1, 0.15) is 0 Å². The molecule has 2 heterocycles. The van der Waals surface area contributed by atoms with Crippen LogP contribution in [0.2, 0.25) is 0 Å². The molecular formula is C11H10N2. The van der Waals surface area contributed by atoms with Crippen molar-refractivity contribution in [2.75, 3.05) is 6.54 Å². The van der Waals surface area contributed by atoms with Gasteiger partial charge in [0, 0.05) is 11.9 Å². The van der Waals surface area contributed by atoms with Crippen LogP contribution in [0.3, 0.4) is 0 Å². The molecule has 0 unspecified atom stereocenters. The SMILES string of the molecule is c1ccc2nc([C@H]3CN3)ccc2c1. The molecule has 1 fully saturated rings. The Balaban J connectivity index is 2.21. The van der Waals surface area contributed by atoms with Crippen LogP contribution in [0.5, 0.6) is 0 Å². The molecule has 1 atom stereocenters. The van der Waals surface area contributed by atoms with Crippen LogP contribution in [0.1, 0.15) is 11.7 Å². The minimum Gasteiger partial charge on any atom is -0.306 e. The van der Waals surface area contributed by atoms with Gasteiger partial charge in [-0.1, -0.05) is 24.3 Å². The average Bonchev–Trinajstić information content (AvgIpc) is 3.00. The lowest BCUT2D eigenvalue weighted by atomic mass is 10.2. The van der Waals surface area contributed by atoms with Gasteiger partial charge >= 0.3 is 0 Å². The van der Waals surface area contributed by atoms with Gasteiger partial charge in [-0.25, -0.2) is 0 Å². The molecule has 13 heavy (non-hydrogen) atoms. The van der Waals surface area contributed by atoms with E-state index in [9.17, 15) is 0 Å². The highest BCUT2D eigenvalue weighted by Gasteiger charge is 2.23. The molecule has 2 aromatic rings. The normalized spacial score (nSPS) is 20.5. The average molecular weight is 170 g/mol. The summed E-state index contributed by atoms with van der Waals surface area (Å²) in [4.78, 5) is 4.57. The quantitative estimate of drug-likeness (QED) is 0.663. The summed E-state index contributed by atoms with van der Waals surface area (Å²) in [5, 5.41) is 4.47. The fourth-order valence-electron chi connectivity index (χ4n) is 1.54. The second kappa shape index (κ2) is 2.54. The summed E-state index contributed by atoms with van der Waals surface area (Å²) in [5.41, 5.74) is 2.26. The Morgan fingerprint density at radius 3 is 2.85 bits per heavy atom. The lowest BCUT2D eigenvalue weighted by molar-refractivity contribution is 1.01. The summed E-state index contributed by atoms with van der Waals surface area (Å²) in [6, 6.07) is 13.0. The van der Waals surface area contributed by atoms with Gasteiger partial charge in [0.15, 0.2) is 0 Å². The third-order valence-corrected chi connectivity index (χ3v) is 2.39. The number of pyridine rings is 1. The van der Waals surface area contributed by atoms with Crippen LogP contribution in [0.25, 0.3) is 10.9 Å². The third-order valence-electron chi connectivity index (χ3n) is 2.39. The second-order valence-corrected chi connectivity index (χ2v) is 3.39. The predicted octanol–water partition coefficient (Wildman–Crippen LogP) is 1.88. The van der Waals surface area contributed by atoms with Crippen molar-refractivity contribution in [1.29, 1.82) is 0 Å². The molecule has 2 nitrogen and oxygen atoms in total. The van der Waals surface area contributed by atoms with E-state index in [4.69, 9.17) is 0 Å². The number of benzene rings is 1. The Bertz CT molecular complexity index is 447. The van der Waals surface area contributed by atoms with Crippen LogP contribution in [-0.4, -0.2) is 11.5 Å². The van der Waals surface area contributed by atoms with Crippen molar-refractivity contribution in [1.82, 2.24) is 10.3 Å². The fourth-order valence-corrected chi connectivity index (χ4v) is 1.54. The molecule has 0 spiro atoms. The van der Waals surface area contributed by atoms with Crippen LogP contribution in [0.4, 0.5) is 0 Å². The molecule has 0 aliphatic carbocycles. The highest BCUT2D eigenvalue weighted by atomic mass is 15.1. The predicted molar refractivity (Wildman–Crippen MR) is 52.5 cm³/mol. The van der Waals surface area contributed by atoms with Crippen molar-refractivity contribution in [3.63, 3.8) is 0 Å². The molecule has 1 saturated heterocycles. The maximum atomic E-state index is 4.57. The van der Waals surface area contributed by atoms with Gasteiger partial charge in [-0.05, 0) is 12.1 Å². The van der Waals surface area contributed by atoms with Gasteiger partial charge in [-0.2, -0.15) is 0 Å². The van der Waals surface area contributed by atoms with E-state index >= 15 is 0 Å². The number of hydrogen-bond acceptors (Lipinski definition) is 2. The second-order valence-electron chi connectivity index (χ2n) is 3.39.